The lowest BCUT2D eigenvalue weighted by molar-refractivity contribution is -0.143. The molecule has 0 saturated carbocycles. The molecule has 0 aliphatic carbocycles. The Morgan fingerprint density at radius 3 is 2.75 bits per heavy atom. The Kier molecular flexibility index (Phi) is 8.61. The first-order chi connectivity index (χ1) is 17.5. The van der Waals surface area contributed by atoms with Crippen molar-refractivity contribution < 1.29 is 19.1 Å². The summed E-state index contributed by atoms with van der Waals surface area (Å²) in [5.41, 5.74) is 6.16. The number of aromatic nitrogens is 3. The van der Waals surface area contributed by atoms with E-state index in [0.717, 1.165) is 70.2 Å². The molecule has 0 bridgehead atoms. The molecule has 0 radical (unpaired) electrons. The van der Waals surface area contributed by atoms with Crippen molar-refractivity contribution in [3.05, 3.63) is 52.0 Å². The van der Waals surface area contributed by atoms with Crippen molar-refractivity contribution in [3.63, 3.8) is 0 Å². The van der Waals surface area contributed by atoms with Crippen molar-refractivity contribution in [1.29, 1.82) is 0 Å². The molecule has 1 atom stereocenters. The van der Waals surface area contributed by atoms with E-state index in [1.807, 2.05) is 17.6 Å². The predicted octanol–water partition coefficient (Wildman–Crippen LogP) is 5.90. The van der Waals surface area contributed by atoms with E-state index in [1.54, 1.807) is 11.1 Å². The number of rotatable bonds is 9. The molecule has 1 amide bonds. The van der Waals surface area contributed by atoms with Crippen molar-refractivity contribution in [2.24, 2.45) is 0 Å². The first-order valence-electron chi connectivity index (χ1n) is 12.6. The zero-order valence-electron chi connectivity index (χ0n) is 21.1. The van der Waals surface area contributed by atoms with Gasteiger partial charge in [0.25, 0.3) is 0 Å². The minimum Gasteiger partial charge on any atom is -0.466 e. The van der Waals surface area contributed by atoms with E-state index in [4.69, 9.17) is 14.6 Å². The number of amides is 1. The van der Waals surface area contributed by atoms with E-state index in [2.05, 4.69) is 46.0 Å². The van der Waals surface area contributed by atoms with Crippen LogP contribution >= 0.6 is 15.9 Å². The summed E-state index contributed by atoms with van der Waals surface area (Å²) in [6.45, 7) is 4.96. The molecular weight excluding hydrogens is 524 g/mol. The summed E-state index contributed by atoms with van der Waals surface area (Å²) in [5.74, 6) is -0.172. The molecule has 3 aromatic rings. The van der Waals surface area contributed by atoms with E-state index in [9.17, 15) is 9.59 Å². The third-order valence-electron chi connectivity index (χ3n) is 6.71. The Morgan fingerprint density at radius 2 is 2.03 bits per heavy atom. The molecule has 192 valence electrons. The average Bonchev–Trinajstić information content (AvgIpc) is 3.52. The summed E-state index contributed by atoms with van der Waals surface area (Å²) in [5, 5.41) is 5.15. The van der Waals surface area contributed by atoms with Crippen LogP contribution in [0.4, 0.5) is 4.79 Å². The maximum absolute atomic E-state index is 12.6. The van der Waals surface area contributed by atoms with Crippen LogP contribution < -0.4 is 0 Å². The van der Waals surface area contributed by atoms with Gasteiger partial charge in [0.1, 0.15) is 0 Å². The summed E-state index contributed by atoms with van der Waals surface area (Å²) in [4.78, 5) is 30.8. The highest BCUT2D eigenvalue weighted by molar-refractivity contribution is 9.10. The molecule has 1 aliphatic heterocycles. The summed E-state index contributed by atoms with van der Waals surface area (Å²) in [6, 6.07) is 6.12. The molecule has 0 spiro atoms. The fraction of sp³-hybridized carbons (Fsp3) is 0.481. The number of fused-ring (bicyclic) bond motifs is 1. The number of ether oxygens (including phenoxy) is 2. The SMILES string of the molecule is CCOC(=O)CCCCc1c(C2CCCN2C(=O)OC)nn2c(CC)ccc2c1-c1cncc(Br)c1. The third-order valence-corrected chi connectivity index (χ3v) is 7.14. The van der Waals surface area contributed by atoms with E-state index in [-0.39, 0.29) is 18.1 Å². The van der Waals surface area contributed by atoms with Gasteiger partial charge in [-0.2, -0.15) is 5.10 Å². The van der Waals surface area contributed by atoms with Crippen molar-refractivity contribution >= 4 is 33.5 Å². The molecule has 36 heavy (non-hydrogen) atoms. The minimum absolute atomic E-state index is 0.172. The lowest BCUT2D eigenvalue weighted by atomic mass is 9.92. The van der Waals surface area contributed by atoms with E-state index in [1.165, 1.54) is 7.11 Å². The first kappa shape index (κ1) is 26.1. The van der Waals surface area contributed by atoms with Gasteiger partial charge in [0, 0.05) is 46.7 Å². The second-order valence-electron chi connectivity index (χ2n) is 8.94. The standard InChI is InChI=1S/C27H33BrN4O4/c1-4-20-12-13-22-25(18-15-19(28)17-29-16-18)21(9-6-7-11-24(33)36-5-2)26(30-32(20)22)23-10-8-14-31(23)27(34)35-3/h12-13,15-17,23H,4-11,14H2,1-3H3. The molecule has 3 aromatic heterocycles. The highest BCUT2D eigenvalue weighted by Crippen LogP contribution is 2.40. The van der Waals surface area contributed by atoms with Crippen molar-refractivity contribution in [2.45, 2.75) is 64.8 Å². The van der Waals surface area contributed by atoms with Gasteiger partial charge in [-0.3, -0.25) is 14.7 Å². The van der Waals surface area contributed by atoms with Gasteiger partial charge in [-0.25, -0.2) is 9.31 Å². The second kappa shape index (κ2) is 11.9. The maximum Gasteiger partial charge on any atom is 0.410 e. The van der Waals surface area contributed by atoms with Gasteiger partial charge >= 0.3 is 12.1 Å². The zero-order chi connectivity index (χ0) is 25.7. The predicted molar refractivity (Wildman–Crippen MR) is 141 cm³/mol. The molecule has 4 heterocycles. The number of unbranched alkanes of at least 4 members (excludes halogenated alkanes) is 1. The molecule has 0 N–H and O–H groups in total. The van der Waals surface area contributed by atoms with Gasteiger partial charge in [0.2, 0.25) is 0 Å². The molecule has 1 fully saturated rings. The number of methoxy groups -OCH3 is 1. The number of likely N-dealkylation sites (tertiary alicyclic amines) is 1. The Balaban J connectivity index is 1.85. The van der Waals surface area contributed by atoms with Gasteiger partial charge in [0.15, 0.2) is 0 Å². The number of esters is 1. The molecule has 8 nitrogen and oxygen atoms in total. The summed E-state index contributed by atoms with van der Waals surface area (Å²) in [7, 11) is 1.42. The number of carbonyl (C=O) groups is 2. The van der Waals surface area contributed by atoms with E-state index in [0.29, 0.717) is 26.0 Å². The van der Waals surface area contributed by atoms with Crippen LogP contribution in [-0.4, -0.2) is 51.8 Å². The Bertz CT molecular complexity index is 1240. The smallest absolute Gasteiger partial charge is 0.410 e. The van der Waals surface area contributed by atoms with Crippen molar-refractivity contribution in [1.82, 2.24) is 19.5 Å². The first-order valence-corrected chi connectivity index (χ1v) is 13.4. The van der Waals surface area contributed by atoms with Crippen LogP contribution in [0.2, 0.25) is 0 Å². The number of pyridine rings is 1. The van der Waals surface area contributed by atoms with Gasteiger partial charge in [-0.05, 0) is 85.1 Å². The Morgan fingerprint density at radius 1 is 1.19 bits per heavy atom. The van der Waals surface area contributed by atoms with Crippen LogP contribution in [0, 0.1) is 0 Å². The second-order valence-corrected chi connectivity index (χ2v) is 9.86. The van der Waals surface area contributed by atoms with Gasteiger partial charge < -0.3 is 9.47 Å². The third kappa shape index (κ3) is 5.40. The topological polar surface area (TPSA) is 86.0 Å². The van der Waals surface area contributed by atoms with Crippen LogP contribution in [0.5, 0.6) is 0 Å². The largest absolute Gasteiger partial charge is 0.466 e. The Labute approximate surface area is 220 Å². The van der Waals surface area contributed by atoms with Gasteiger partial charge in [-0.1, -0.05) is 6.92 Å². The van der Waals surface area contributed by atoms with E-state index >= 15 is 0 Å². The fourth-order valence-electron chi connectivity index (χ4n) is 5.08. The van der Waals surface area contributed by atoms with E-state index < -0.39 is 0 Å². The minimum atomic E-state index is -0.332. The van der Waals surface area contributed by atoms with Gasteiger partial charge in [-0.15, -0.1) is 0 Å². The number of hydrogen-bond acceptors (Lipinski definition) is 6. The number of aryl methyl sites for hydroxylation is 1. The van der Waals surface area contributed by atoms with Crippen LogP contribution in [0.15, 0.2) is 35.1 Å². The number of carbonyl (C=O) groups excluding carboxylic acids is 2. The zero-order valence-corrected chi connectivity index (χ0v) is 22.7. The number of nitrogens with zero attached hydrogens (tertiary/aromatic N) is 4. The highest BCUT2D eigenvalue weighted by atomic mass is 79.9. The fourth-order valence-corrected chi connectivity index (χ4v) is 5.44. The van der Waals surface area contributed by atoms with Gasteiger partial charge in [0.05, 0.1) is 31.0 Å². The monoisotopic (exact) mass is 556 g/mol. The highest BCUT2D eigenvalue weighted by Gasteiger charge is 2.35. The lowest BCUT2D eigenvalue weighted by Crippen LogP contribution is -2.32. The van der Waals surface area contributed by atoms with Crippen LogP contribution in [-0.2, 0) is 27.1 Å². The van der Waals surface area contributed by atoms with Crippen LogP contribution in [0.1, 0.15) is 68.9 Å². The number of hydrogen-bond donors (Lipinski definition) is 0. The molecule has 4 rings (SSSR count). The molecule has 1 aliphatic rings. The summed E-state index contributed by atoms with van der Waals surface area (Å²) >= 11 is 3.58. The normalized spacial score (nSPS) is 15.4. The summed E-state index contributed by atoms with van der Waals surface area (Å²) in [6.07, 6.45) is 8.47. The Hall–Kier alpha value is -2.94. The molecular formula is C27H33BrN4O4. The average molecular weight is 557 g/mol. The lowest BCUT2D eigenvalue weighted by Gasteiger charge is -2.26. The number of halogens is 1. The molecule has 9 heteroatoms. The molecule has 0 aromatic carbocycles. The van der Waals surface area contributed by atoms with Crippen LogP contribution in [0.3, 0.4) is 0 Å². The molecule has 1 saturated heterocycles. The van der Waals surface area contributed by atoms with Crippen molar-refractivity contribution in [2.75, 3.05) is 20.3 Å². The summed E-state index contributed by atoms with van der Waals surface area (Å²) < 4.78 is 13.1. The quantitative estimate of drug-likeness (QED) is 0.241. The van der Waals surface area contributed by atoms with Crippen molar-refractivity contribution in [3.8, 4) is 11.1 Å². The van der Waals surface area contributed by atoms with Crippen LogP contribution in [0.25, 0.3) is 16.6 Å². The maximum atomic E-state index is 12.6. The molecule has 1 unspecified atom stereocenters.